The molecule has 2 rings (SSSR count). The maximum Gasteiger partial charge on any atom is 0.0641 e. The van der Waals surface area contributed by atoms with Gasteiger partial charge >= 0.3 is 0 Å². The molecule has 1 aliphatic heterocycles. The molecule has 0 radical (unpaired) electrons. The van der Waals surface area contributed by atoms with Gasteiger partial charge in [0.25, 0.3) is 0 Å². The van der Waals surface area contributed by atoms with Crippen molar-refractivity contribution in [3.63, 3.8) is 0 Å². The number of aliphatic hydroxyl groups is 1. The van der Waals surface area contributed by atoms with Gasteiger partial charge in [-0.1, -0.05) is 6.08 Å². The average Bonchev–Trinajstić information content (AvgIpc) is 2.30. The second-order valence-electron chi connectivity index (χ2n) is 4.10. The highest BCUT2D eigenvalue weighted by Crippen LogP contribution is 2.24. The molecular weight excluding hydrogens is 194 g/mol. The molecule has 0 aromatic heterocycles. The number of nitrogens with zero attached hydrogens (tertiary/aromatic N) is 1. The van der Waals surface area contributed by atoms with Crippen LogP contribution < -0.4 is 0 Å². The van der Waals surface area contributed by atoms with Crippen LogP contribution in [0.15, 0.2) is 11.6 Å². The van der Waals surface area contributed by atoms with Crippen molar-refractivity contribution in [1.29, 1.82) is 0 Å². The fourth-order valence-electron chi connectivity index (χ4n) is 2.29. The van der Waals surface area contributed by atoms with E-state index in [-0.39, 0.29) is 6.61 Å². The van der Waals surface area contributed by atoms with Gasteiger partial charge in [-0.3, -0.25) is 4.90 Å². The molecule has 2 nitrogen and oxygen atoms in total. The second kappa shape index (κ2) is 5.19. The van der Waals surface area contributed by atoms with E-state index >= 15 is 0 Å². The lowest BCUT2D eigenvalue weighted by molar-refractivity contribution is 0.197. The molecule has 0 saturated carbocycles. The van der Waals surface area contributed by atoms with Crippen LogP contribution in [0.4, 0.5) is 0 Å². The van der Waals surface area contributed by atoms with E-state index < -0.39 is 0 Å². The molecule has 0 bridgehead atoms. The van der Waals surface area contributed by atoms with Crippen molar-refractivity contribution in [2.24, 2.45) is 0 Å². The third kappa shape index (κ3) is 2.53. The van der Waals surface area contributed by atoms with Crippen molar-refractivity contribution in [2.45, 2.75) is 25.3 Å². The molecule has 1 fully saturated rings. The zero-order valence-corrected chi connectivity index (χ0v) is 9.43. The Labute approximate surface area is 90.4 Å². The van der Waals surface area contributed by atoms with Crippen molar-refractivity contribution in [3.05, 3.63) is 11.6 Å². The monoisotopic (exact) mass is 213 g/mol. The number of aliphatic hydroxyl groups excluding tert-OH is 1. The van der Waals surface area contributed by atoms with Crippen molar-refractivity contribution in [1.82, 2.24) is 4.90 Å². The lowest BCUT2D eigenvalue weighted by Crippen LogP contribution is -2.41. The molecule has 1 atom stereocenters. The lowest BCUT2D eigenvalue weighted by atomic mass is 9.94. The third-order valence-corrected chi connectivity index (χ3v) is 4.18. The van der Waals surface area contributed by atoms with Gasteiger partial charge in [-0.25, -0.2) is 0 Å². The fraction of sp³-hybridized carbons (Fsp3) is 0.818. The minimum atomic E-state index is 0.266. The highest BCUT2D eigenvalue weighted by atomic mass is 32.2. The Balaban J connectivity index is 1.85. The van der Waals surface area contributed by atoms with Crippen LogP contribution in [0.25, 0.3) is 0 Å². The minimum absolute atomic E-state index is 0.266. The van der Waals surface area contributed by atoms with Crippen LogP contribution >= 0.6 is 11.8 Å². The zero-order valence-electron chi connectivity index (χ0n) is 8.61. The van der Waals surface area contributed by atoms with Gasteiger partial charge < -0.3 is 5.11 Å². The van der Waals surface area contributed by atoms with Gasteiger partial charge in [-0.2, -0.15) is 11.8 Å². The van der Waals surface area contributed by atoms with E-state index in [9.17, 15) is 0 Å². The summed E-state index contributed by atoms with van der Waals surface area (Å²) >= 11 is 2.07. The summed E-state index contributed by atoms with van der Waals surface area (Å²) in [5, 5.41) is 9.00. The van der Waals surface area contributed by atoms with E-state index in [2.05, 4.69) is 22.7 Å². The van der Waals surface area contributed by atoms with Gasteiger partial charge in [0.05, 0.1) is 6.61 Å². The van der Waals surface area contributed by atoms with Gasteiger partial charge in [0.2, 0.25) is 0 Å². The quantitative estimate of drug-likeness (QED) is 0.703. The topological polar surface area (TPSA) is 23.5 Å². The van der Waals surface area contributed by atoms with Crippen LogP contribution in [0.3, 0.4) is 0 Å². The van der Waals surface area contributed by atoms with Crippen molar-refractivity contribution < 1.29 is 5.11 Å². The predicted molar refractivity (Wildman–Crippen MR) is 61.7 cm³/mol. The predicted octanol–water partition coefficient (Wildman–Crippen LogP) is 1.51. The van der Waals surface area contributed by atoms with Crippen molar-refractivity contribution in [2.75, 3.05) is 31.2 Å². The molecule has 1 saturated heterocycles. The van der Waals surface area contributed by atoms with E-state index in [1.165, 1.54) is 36.6 Å². The number of rotatable bonds is 2. The van der Waals surface area contributed by atoms with Gasteiger partial charge in [-0.15, -0.1) is 0 Å². The van der Waals surface area contributed by atoms with Crippen molar-refractivity contribution >= 4 is 11.8 Å². The number of hydrogen-bond acceptors (Lipinski definition) is 3. The molecule has 80 valence electrons. The van der Waals surface area contributed by atoms with E-state index in [0.29, 0.717) is 0 Å². The largest absolute Gasteiger partial charge is 0.392 e. The second-order valence-corrected chi connectivity index (χ2v) is 5.32. The van der Waals surface area contributed by atoms with Gasteiger partial charge in [0, 0.05) is 30.6 Å². The summed E-state index contributed by atoms with van der Waals surface area (Å²) in [6.07, 6.45) is 5.75. The minimum Gasteiger partial charge on any atom is -0.392 e. The number of hydrogen-bond donors (Lipinski definition) is 1. The summed E-state index contributed by atoms with van der Waals surface area (Å²) in [5.41, 5.74) is 1.24. The first kappa shape index (κ1) is 10.5. The molecule has 3 heteroatoms. The summed E-state index contributed by atoms with van der Waals surface area (Å²) in [6, 6.07) is 0.756. The van der Waals surface area contributed by atoms with Gasteiger partial charge in [0.15, 0.2) is 0 Å². The summed E-state index contributed by atoms with van der Waals surface area (Å²) in [6.45, 7) is 2.79. The molecule has 1 aliphatic carbocycles. The molecule has 1 N–H and O–H groups in total. The van der Waals surface area contributed by atoms with Crippen LogP contribution in [0.1, 0.15) is 19.3 Å². The van der Waals surface area contributed by atoms with Crippen molar-refractivity contribution in [3.8, 4) is 0 Å². The van der Waals surface area contributed by atoms with Crippen LogP contribution in [0, 0.1) is 0 Å². The third-order valence-electron chi connectivity index (χ3n) is 3.24. The Bertz CT molecular complexity index is 211. The fourth-order valence-corrected chi connectivity index (χ4v) is 3.22. The molecule has 0 aromatic rings. The highest BCUT2D eigenvalue weighted by molar-refractivity contribution is 7.99. The standard InChI is InChI=1S/C11H19NOS/c13-9-10-1-3-11(4-2-10)12-5-7-14-8-6-12/h1,11,13H,2-9H2. The summed E-state index contributed by atoms with van der Waals surface area (Å²) < 4.78 is 0. The van der Waals surface area contributed by atoms with Crippen LogP contribution in [0.5, 0.6) is 0 Å². The molecule has 1 heterocycles. The average molecular weight is 213 g/mol. The Kier molecular flexibility index (Phi) is 3.90. The van der Waals surface area contributed by atoms with E-state index in [0.717, 1.165) is 18.9 Å². The zero-order chi connectivity index (χ0) is 9.80. The lowest BCUT2D eigenvalue weighted by Gasteiger charge is -2.35. The summed E-state index contributed by atoms with van der Waals surface area (Å²) in [5.74, 6) is 2.60. The summed E-state index contributed by atoms with van der Waals surface area (Å²) in [4.78, 5) is 2.63. The van der Waals surface area contributed by atoms with E-state index in [4.69, 9.17) is 5.11 Å². The smallest absolute Gasteiger partial charge is 0.0641 e. The Hall–Kier alpha value is 0.01000. The molecule has 0 amide bonds. The summed E-state index contributed by atoms with van der Waals surface area (Å²) in [7, 11) is 0. The maximum absolute atomic E-state index is 9.00. The molecule has 2 aliphatic rings. The highest BCUT2D eigenvalue weighted by Gasteiger charge is 2.22. The van der Waals surface area contributed by atoms with E-state index in [1.54, 1.807) is 0 Å². The first-order valence-electron chi connectivity index (χ1n) is 5.50. The van der Waals surface area contributed by atoms with Gasteiger partial charge in [-0.05, 0) is 24.8 Å². The maximum atomic E-state index is 9.00. The first-order chi connectivity index (χ1) is 6.90. The SMILES string of the molecule is OCC1=CCC(N2CCSCC2)CC1. The Morgan fingerprint density at radius 2 is 2.21 bits per heavy atom. The Morgan fingerprint density at radius 3 is 2.79 bits per heavy atom. The molecule has 14 heavy (non-hydrogen) atoms. The van der Waals surface area contributed by atoms with Crippen LogP contribution in [-0.4, -0.2) is 47.3 Å². The Morgan fingerprint density at radius 1 is 1.43 bits per heavy atom. The molecule has 0 aromatic carbocycles. The molecular formula is C11H19NOS. The van der Waals surface area contributed by atoms with Crippen LogP contribution in [0.2, 0.25) is 0 Å². The van der Waals surface area contributed by atoms with Gasteiger partial charge in [0.1, 0.15) is 0 Å². The van der Waals surface area contributed by atoms with E-state index in [1.807, 2.05) is 0 Å². The normalized spacial score (nSPS) is 30.1. The molecule has 0 spiro atoms. The first-order valence-corrected chi connectivity index (χ1v) is 6.66. The van der Waals surface area contributed by atoms with Crippen LogP contribution in [-0.2, 0) is 0 Å². The number of thioether (sulfide) groups is 1. The molecule has 1 unspecified atom stereocenters.